The van der Waals surface area contributed by atoms with Gasteiger partial charge < -0.3 is 15.0 Å². The Morgan fingerprint density at radius 3 is 2.46 bits per heavy atom. The summed E-state index contributed by atoms with van der Waals surface area (Å²) in [5, 5.41) is 5.18. The van der Waals surface area contributed by atoms with E-state index >= 15 is 0 Å². The molecule has 4 heteroatoms. The second-order valence-corrected chi connectivity index (χ2v) is 7.71. The van der Waals surface area contributed by atoms with Crippen molar-refractivity contribution in [1.29, 1.82) is 0 Å². The number of hydrogen-bond donors (Lipinski definition) is 1. The molecule has 0 aliphatic carbocycles. The minimum absolute atomic E-state index is 0.0621. The summed E-state index contributed by atoms with van der Waals surface area (Å²) in [6.07, 6.45) is 2.30. The van der Waals surface area contributed by atoms with Crippen LogP contribution in [-0.2, 0) is 0 Å². The van der Waals surface area contributed by atoms with E-state index < -0.39 is 0 Å². The van der Waals surface area contributed by atoms with Crippen LogP contribution >= 0.6 is 0 Å². The molecule has 0 saturated carbocycles. The molecule has 0 spiro atoms. The van der Waals surface area contributed by atoms with Crippen molar-refractivity contribution >= 4 is 16.7 Å². The highest BCUT2D eigenvalue weighted by Crippen LogP contribution is 2.26. The van der Waals surface area contributed by atoms with Crippen LogP contribution in [0.15, 0.2) is 36.4 Å². The molecule has 3 rings (SSSR count). The molecule has 1 aliphatic heterocycles. The van der Waals surface area contributed by atoms with E-state index in [0.29, 0.717) is 17.9 Å². The van der Waals surface area contributed by atoms with Crippen molar-refractivity contribution in [2.24, 2.45) is 11.8 Å². The lowest BCUT2D eigenvalue weighted by atomic mass is 9.92. The predicted molar refractivity (Wildman–Crippen MR) is 107 cm³/mol. The third-order valence-electron chi connectivity index (χ3n) is 5.19. The van der Waals surface area contributed by atoms with Gasteiger partial charge in [-0.1, -0.05) is 38.1 Å². The van der Waals surface area contributed by atoms with Crippen LogP contribution in [0.5, 0.6) is 5.75 Å². The standard InChI is InChI=1S/C22H30N2O2/c1-16-11-17(2)15-24(14-16)10-6-9-23-22(25)20-12-18-7-4-5-8-19(18)13-21(20)26-3/h4-5,7-8,12-13,16-17H,6,9-11,14-15H2,1-3H3,(H,23,25)/t16-,17+. The number of ether oxygens (including phenoxy) is 1. The molecular formula is C22H30N2O2. The van der Waals surface area contributed by atoms with Crippen LogP contribution in [0, 0.1) is 11.8 Å². The van der Waals surface area contributed by atoms with Crippen LogP contribution in [0.3, 0.4) is 0 Å². The summed E-state index contributed by atoms with van der Waals surface area (Å²) in [6, 6.07) is 11.9. The number of carbonyl (C=O) groups is 1. The molecule has 0 bridgehead atoms. The van der Waals surface area contributed by atoms with Crippen molar-refractivity contribution in [3.63, 3.8) is 0 Å². The Kier molecular flexibility index (Phi) is 6.15. The summed E-state index contributed by atoms with van der Waals surface area (Å²) >= 11 is 0. The average Bonchev–Trinajstić information content (AvgIpc) is 2.63. The molecule has 140 valence electrons. The van der Waals surface area contributed by atoms with Gasteiger partial charge in [0.2, 0.25) is 0 Å². The average molecular weight is 354 g/mol. The van der Waals surface area contributed by atoms with Gasteiger partial charge in [0.1, 0.15) is 5.75 Å². The Morgan fingerprint density at radius 2 is 1.81 bits per heavy atom. The molecule has 1 amide bonds. The zero-order chi connectivity index (χ0) is 18.5. The van der Waals surface area contributed by atoms with Crippen LogP contribution in [-0.4, -0.2) is 44.1 Å². The monoisotopic (exact) mass is 354 g/mol. The van der Waals surface area contributed by atoms with Gasteiger partial charge in [0.15, 0.2) is 0 Å². The van der Waals surface area contributed by atoms with E-state index in [1.54, 1.807) is 7.11 Å². The molecule has 2 aromatic rings. The van der Waals surface area contributed by atoms with Crippen LogP contribution in [0.25, 0.3) is 10.8 Å². The Labute approximate surface area is 156 Å². The lowest BCUT2D eigenvalue weighted by molar-refractivity contribution is 0.0944. The highest BCUT2D eigenvalue weighted by molar-refractivity contribution is 6.01. The van der Waals surface area contributed by atoms with Crippen molar-refractivity contribution in [1.82, 2.24) is 10.2 Å². The fourth-order valence-corrected chi connectivity index (χ4v) is 4.14. The van der Waals surface area contributed by atoms with Gasteiger partial charge in [0.25, 0.3) is 5.91 Å². The number of likely N-dealkylation sites (tertiary alicyclic amines) is 1. The minimum Gasteiger partial charge on any atom is -0.496 e. The Balaban J connectivity index is 1.55. The van der Waals surface area contributed by atoms with E-state index in [0.717, 1.165) is 35.6 Å². The molecule has 2 aromatic carbocycles. The first-order valence-corrected chi connectivity index (χ1v) is 9.64. The highest BCUT2D eigenvalue weighted by atomic mass is 16.5. The summed E-state index contributed by atoms with van der Waals surface area (Å²) in [5.74, 6) is 2.11. The van der Waals surface area contributed by atoms with E-state index in [4.69, 9.17) is 4.74 Å². The molecule has 0 unspecified atom stereocenters. The largest absolute Gasteiger partial charge is 0.496 e. The fraction of sp³-hybridized carbons (Fsp3) is 0.500. The van der Waals surface area contributed by atoms with Gasteiger partial charge in [-0.2, -0.15) is 0 Å². The second-order valence-electron chi connectivity index (χ2n) is 7.71. The van der Waals surface area contributed by atoms with Crippen molar-refractivity contribution < 1.29 is 9.53 Å². The first kappa shape index (κ1) is 18.7. The maximum absolute atomic E-state index is 12.6. The van der Waals surface area contributed by atoms with Gasteiger partial charge >= 0.3 is 0 Å². The van der Waals surface area contributed by atoms with Gasteiger partial charge in [0.05, 0.1) is 12.7 Å². The Bertz CT molecular complexity index is 749. The van der Waals surface area contributed by atoms with E-state index in [9.17, 15) is 4.79 Å². The number of rotatable bonds is 6. The van der Waals surface area contributed by atoms with Crippen molar-refractivity contribution in [2.45, 2.75) is 26.7 Å². The normalized spacial score (nSPS) is 20.9. The first-order chi connectivity index (χ1) is 12.6. The van der Waals surface area contributed by atoms with Gasteiger partial charge in [-0.3, -0.25) is 4.79 Å². The molecule has 1 N–H and O–H groups in total. The van der Waals surface area contributed by atoms with Gasteiger partial charge in [-0.05, 0) is 54.1 Å². The molecule has 1 heterocycles. The molecule has 2 atom stereocenters. The van der Waals surface area contributed by atoms with Crippen LogP contribution in [0.2, 0.25) is 0 Å². The van der Waals surface area contributed by atoms with E-state index in [1.807, 2.05) is 36.4 Å². The molecule has 26 heavy (non-hydrogen) atoms. The summed E-state index contributed by atoms with van der Waals surface area (Å²) in [6.45, 7) is 8.75. The summed E-state index contributed by atoms with van der Waals surface area (Å²) in [5.41, 5.74) is 0.603. The number of amides is 1. The number of carbonyl (C=O) groups excluding carboxylic acids is 1. The number of hydrogen-bond acceptors (Lipinski definition) is 3. The molecule has 4 nitrogen and oxygen atoms in total. The zero-order valence-electron chi connectivity index (χ0n) is 16.1. The van der Waals surface area contributed by atoms with Crippen molar-refractivity contribution in [2.75, 3.05) is 33.3 Å². The van der Waals surface area contributed by atoms with Crippen LogP contribution in [0.1, 0.15) is 37.0 Å². The summed E-state index contributed by atoms with van der Waals surface area (Å²) in [7, 11) is 1.61. The van der Waals surface area contributed by atoms with Gasteiger partial charge in [-0.25, -0.2) is 0 Å². The van der Waals surface area contributed by atoms with E-state index in [2.05, 4.69) is 24.1 Å². The van der Waals surface area contributed by atoms with Gasteiger partial charge in [-0.15, -0.1) is 0 Å². The number of nitrogens with one attached hydrogen (secondary N) is 1. The third-order valence-corrected chi connectivity index (χ3v) is 5.19. The maximum Gasteiger partial charge on any atom is 0.255 e. The molecule has 0 radical (unpaired) electrons. The summed E-state index contributed by atoms with van der Waals surface area (Å²) < 4.78 is 5.43. The Morgan fingerprint density at radius 1 is 1.15 bits per heavy atom. The SMILES string of the molecule is COc1cc2ccccc2cc1C(=O)NCCCN1C[C@H](C)C[C@H](C)C1. The number of nitrogens with zero attached hydrogens (tertiary/aromatic N) is 1. The third kappa shape index (κ3) is 4.55. The highest BCUT2D eigenvalue weighted by Gasteiger charge is 2.21. The number of benzene rings is 2. The van der Waals surface area contributed by atoms with Crippen LogP contribution in [0.4, 0.5) is 0 Å². The lowest BCUT2D eigenvalue weighted by Gasteiger charge is -2.34. The first-order valence-electron chi connectivity index (χ1n) is 9.64. The molecule has 0 aromatic heterocycles. The zero-order valence-corrected chi connectivity index (χ0v) is 16.1. The minimum atomic E-state index is -0.0621. The van der Waals surface area contributed by atoms with Gasteiger partial charge in [0, 0.05) is 19.6 Å². The van der Waals surface area contributed by atoms with Crippen molar-refractivity contribution in [3.05, 3.63) is 42.0 Å². The predicted octanol–water partition coefficient (Wildman–Crippen LogP) is 3.95. The smallest absolute Gasteiger partial charge is 0.255 e. The topological polar surface area (TPSA) is 41.6 Å². The molecule has 1 fully saturated rings. The Hall–Kier alpha value is -2.07. The molecule has 1 aliphatic rings. The number of methoxy groups -OCH3 is 1. The van der Waals surface area contributed by atoms with Crippen LogP contribution < -0.4 is 10.1 Å². The molecular weight excluding hydrogens is 324 g/mol. The maximum atomic E-state index is 12.6. The van der Waals surface area contributed by atoms with E-state index in [1.165, 1.54) is 19.5 Å². The molecule has 1 saturated heterocycles. The number of piperidine rings is 1. The van der Waals surface area contributed by atoms with E-state index in [-0.39, 0.29) is 5.91 Å². The lowest BCUT2D eigenvalue weighted by Crippen LogP contribution is -2.40. The summed E-state index contributed by atoms with van der Waals surface area (Å²) in [4.78, 5) is 15.1. The quantitative estimate of drug-likeness (QED) is 0.799. The second kappa shape index (κ2) is 8.54. The fourth-order valence-electron chi connectivity index (χ4n) is 4.14. The van der Waals surface area contributed by atoms with Crippen molar-refractivity contribution in [3.8, 4) is 5.75 Å². The number of fused-ring (bicyclic) bond motifs is 1.